The number of pyridine rings is 1. The Kier molecular flexibility index (Phi) is 3.65. The fraction of sp³-hybridized carbons (Fsp3) is 0.200. The maximum Gasteiger partial charge on any atom is 0.419 e. The van der Waals surface area contributed by atoms with Gasteiger partial charge in [-0.25, -0.2) is 4.98 Å². The Bertz CT molecular complexity index is 413. The van der Waals surface area contributed by atoms with E-state index >= 15 is 0 Å². The van der Waals surface area contributed by atoms with Gasteiger partial charge in [0.25, 0.3) is 0 Å². The number of hydrogen-bond donors (Lipinski definition) is 1. The predicted molar refractivity (Wildman–Crippen MR) is 53.4 cm³/mol. The number of rotatable bonds is 3. The molecule has 1 aromatic heterocycles. The highest BCUT2D eigenvalue weighted by molar-refractivity contribution is 5.59. The highest BCUT2D eigenvalue weighted by Gasteiger charge is 2.33. The lowest BCUT2D eigenvalue weighted by molar-refractivity contribution is -0.137. The molecule has 0 aliphatic carbocycles. The molecule has 0 radical (unpaired) electrons. The summed E-state index contributed by atoms with van der Waals surface area (Å²) in [6.45, 7) is 0. The summed E-state index contributed by atoms with van der Waals surface area (Å²) in [5.41, 5.74) is 4.40. The number of halogens is 3. The quantitative estimate of drug-likeness (QED) is 0.810. The van der Waals surface area contributed by atoms with Crippen molar-refractivity contribution in [1.29, 1.82) is 0 Å². The van der Waals surface area contributed by atoms with Gasteiger partial charge in [0.15, 0.2) is 0 Å². The number of hydrogen-bond acceptors (Lipinski definition) is 3. The van der Waals surface area contributed by atoms with Gasteiger partial charge < -0.3 is 10.5 Å². The molecule has 1 rings (SSSR count). The van der Waals surface area contributed by atoms with Crippen LogP contribution < -0.4 is 5.73 Å². The molecular weight excluding hydrogens is 221 g/mol. The Morgan fingerprint density at radius 3 is 2.69 bits per heavy atom. The van der Waals surface area contributed by atoms with Crippen molar-refractivity contribution in [3.05, 3.63) is 29.5 Å². The lowest BCUT2D eigenvalue weighted by atomic mass is 10.1. The Hall–Kier alpha value is -1.85. The minimum Gasteiger partial charge on any atom is -0.383 e. The average molecular weight is 230 g/mol. The summed E-state index contributed by atoms with van der Waals surface area (Å²) >= 11 is 0. The summed E-state index contributed by atoms with van der Waals surface area (Å²) < 4.78 is 37.3. The van der Waals surface area contributed by atoms with E-state index in [0.29, 0.717) is 6.29 Å². The molecule has 2 N–H and O–H groups in total. The number of nitrogens with two attached hydrogens (primary N) is 1. The van der Waals surface area contributed by atoms with Crippen molar-refractivity contribution in [2.75, 3.05) is 5.73 Å². The summed E-state index contributed by atoms with van der Waals surface area (Å²) in [5, 5.41) is 0. The van der Waals surface area contributed by atoms with Gasteiger partial charge in [-0.3, -0.25) is 0 Å². The third-order valence-corrected chi connectivity index (χ3v) is 1.79. The summed E-state index contributed by atoms with van der Waals surface area (Å²) in [6.07, 6.45) is 0.311. The first kappa shape index (κ1) is 12.2. The fourth-order valence-corrected chi connectivity index (χ4v) is 1.07. The molecule has 0 bridgehead atoms. The molecule has 86 valence electrons. The third-order valence-electron chi connectivity index (χ3n) is 1.79. The smallest absolute Gasteiger partial charge is 0.383 e. The number of allylic oxidation sites excluding steroid dienone is 1. The summed E-state index contributed by atoms with van der Waals surface area (Å²) in [7, 11) is 0. The van der Waals surface area contributed by atoms with Crippen LogP contribution in [0.15, 0.2) is 18.3 Å². The molecule has 0 saturated heterocycles. The topological polar surface area (TPSA) is 56.0 Å². The van der Waals surface area contributed by atoms with E-state index in [-0.39, 0.29) is 12.0 Å². The minimum atomic E-state index is -4.52. The number of aromatic nitrogens is 1. The zero-order valence-corrected chi connectivity index (χ0v) is 8.16. The Morgan fingerprint density at radius 1 is 1.44 bits per heavy atom. The molecule has 0 unspecified atom stereocenters. The van der Waals surface area contributed by atoms with Gasteiger partial charge >= 0.3 is 6.18 Å². The molecule has 1 aromatic rings. The van der Waals surface area contributed by atoms with Crippen molar-refractivity contribution >= 4 is 18.2 Å². The molecule has 1 heterocycles. The van der Waals surface area contributed by atoms with E-state index in [0.717, 1.165) is 6.07 Å². The van der Waals surface area contributed by atoms with Crippen LogP contribution in [0.4, 0.5) is 19.0 Å². The van der Waals surface area contributed by atoms with Crippen LogP contribution in [0.1, 0.15) is 17.5 Å². The monoisotopic (exact) mass is 230 g/mol. The zero-order valence-electron chi connectivity index (χ0n) is 8.16. The van der Waals surface area contributed by atoms with E-state index < -0.39 is 17.6 Å². The van der Waals surface area contributed by atoms with Crippen molar-refractivity contribution < 1.29 is 18.0 Å². The molecule has 0 aliphatic heterocycles. The molecule has 0 aliphatic rings. The third kappa shape index (κ3) is 3.08. The number of aldehydes is 1. The number of nitrogen functional groups attached to an aromatic ring is 1. The van der Waals surface area contributed by atoms with Gasteiger partial charge in [0.2, 0.25) is 0 Å². The SMILES string of the molecule is Nc1ncc(C=CCC=O)cc1C(F)(F)F. The molecule has 0 amide bonds. The number of alkyl halides is 3. The van der Waals surface area contributed by atoms with Crippen molar-refractivity contribution in [3.63, 3.8) is 0 Å². The first-order valence-corrected chi connectivity index (χ1v) is 4.38. The minimum absolute atomic E-state index is 0.145. The maximum absolute atomic E-state index is 12.4. The van der Waals surface area contributed by atoms with Crippen LogP contribution in [0, 0.1) is 0 Å². The number of carbonyl (C=O) groups excluding carboxylic acids is 1. The second-order valence-corrected chi connectivity index (χ2v) is 3.00. The van der Waals surface area contributed by atoms with Crippen LogP contribution in [-0.4, -0.2) is 11.3 Å². The van der Waals surface area contributed by atoms with Gasteiger partial charge in [0.1, 0.15) is 12.1 Å². The van der Waals surface area contributed by atoms with E-state index in [1.807, 2.05) is 0 Å². The Labute approximate surface area is 89.8 Å². The standard InChI is InChI=1S/C10H9F3N2O/c11-10(12,13)8-5-7(3-1-2-4-16)6-15-9(8)14/h1,3-6H,2H2,(H2,14,15). The molecule has 0 saturated carbocycles. The normalized spacial score (nSPS) is 11.9. The van der Waals surface area contributed by atoms with Gasteiger partial charge in [0.05, 0.1) is 5.56 Å². The van der Waals surface area contributed by atoms with Crippen molar-refractivity contribution in [1.82, 2.24) is 4.98 Å². The molecule has 6 heteroatoms. The van der Waals surface area contributed by atoms with E-state index in [2.05, 4.69) is 4.98 Å². The predicted octanol–water partition coefficient (Wildman–Crippen LogP) is 2.28. The first-order valence-electron chi connectivity index (χ1n) is 4.38. The number of nitrogens with zero attached hydrogens (tertiary/aromatic N) is 1. The van der Waals surface area contributed by atoms with Gasteiger partial charge in [-0.15, -0.1) is 0 Å². The highest BCUT2D eigenvalue weighted by Crippen LogP contribution is 2.33. The van der Waals surface area contributed by atoms with Gasteiger partial charge in [-0.2, -0.15) is 13.2 Å². The second kappa shape index (κ2) is 4.78. The molecule has 0 fully saturated rings. The summed E-state index contributed by atoms with van der Waals surface area (Å²) in [6, 6.07) is 0.892. The van der Waals surface area contributed by atoms with Crippen LogP contribution in [0.25, 0.3) is 6.08 Å². The molecule has 16 heavy (non-hydrogen) atoms. The van der Waals surface area contributed by atoms with Gasteiger partial charge in [0, 0.05) is 12.6 Å². The second-order valence-electron chi connectivity index (χ2n) is 3.00. The van der Waals surface area contributed by atoms with E-state index in [9.17, 15) is 18.0 Å². The Morgan fingerprint density at radius 2 is 2.12 bits per heavy atom. The maximum atomic E-state index is 12.4. The lowest BCUT2D eigenvalue weighted by Crippen LogP contribution is -2.10. The molecular formula is C10H9F3N2O. The molecule has 0 atom stereocenters. The largest absolute Gasteiger partial charge is 0.419 e. The van der Waals surface area contributed by atoms with Crippen LogP contribution in [0.5, 0.6) is 0 Å². The van der Waals surface area contributed by atoms with Gasteiger partial charge in [-0.1, -0.05) is 12.2 Å². The van der Waals surface area contributed by atoms with Crippen molar-refractivity contribution in [2.45, 2.75) is 12.6 Å². The van der Waals surface area contributed by atoms with E-state index in [1.54, 1.807) is 0 Å². The summed E-state index contributed by atoms with van der Waals surface area (Å²) in [5.74, 6) is -0.556. The average Bonchev–Trinajstić information content (AvgIpc) is 2.19. The van der Waals surface area contributed by atoms with Crippen LogP contribution in [-0.2, 0) is 11.0 Å². The molecule has 0 spiro atoms. The number of carbonyl (C=O) groups is 1. The summed E-state index contributed by atoms with van der Waals surface area (Å²) in [4.78, 5) is 13.5. The van der Waals surface area contributed by atoms with Crippen molar-refractivity contribution in [2.24, 2.45) is 0 Å². The Balaban J connectivity index is 3.03. The van der Waals surface area contributed by atoms with Crippen LogP contribution in [0.2, 0.25) is 0 Å². The van der Waals surface area contributed by atoms with Crippen LogP contribution >= 0.6 is 0 Å². The van der Waals surface area contributed by atoms with E-state index in [4.69, 9.17) is 5.73 Å². The van der Waals surface area contributed by atoms with Crippen LogP contribution in [0.3, 0.4) is 0 Å². The van der Waals surface area contributed by atoms with Crippen molar-refractivity contribution in [3.8, 4) is 0 Å². The van der Waals surface area contributed by atoms with E-state index in [1.165, 1.54) is 18.3 Å². The zero-order chi connectivity index (χ0) is 12.2. The highest BCUT2D eigenvalue weighted by atomic mass is 19.4. The first-order chi connectivity index (χ1) is 7.45. The molecule has 0 aromatic carbocycles. The molecule has 3 nitrogen and oxygen atoms in total. The number of anilines is 1. The fourth-order valence-electron chi connectivity index (χ4n) is 1.07. The lowest BCUT2D eigenvalue weighted by Gasteiger charge is -2.09. The van der Waals surface area contributed by atoms with Gasteiger partial charge in [-0.05, 0) is 11.6 Å².